The second-order valence-electron chi connectivity index (χ2n) is 18.4. The molecule has 2 aliphatic rings. The highest BCUT2D eigenvalue weighted by atomic mass is 35.5. The summed E-state index contributed by atoms with van der Waals surface area (Å²) < 4.78 is 43.5. The number of amides is 2. The number of allylic oxidation sites excluding steroid dienone is 1. The van der Waals surface area contributed by atoms with Gasteiger partial charge in [-0.3, -0.25) is 14.6 Å². The zero-order valence-corrected chi connectivity index (χ0v) is 40.0. The first-order valence-corrected chi connectivity index (χ1v) is 23.0. The summed E-state index contributed by atoms with van der Waals surface area (Å²) >= 11 is 12.5. The molecule has 5 aromatic rings. The molecular formula is C50H52BCl2F2N8O5. The van der Waals surface area contributed by atoms with Crippen molar-refractivity contribution in [3.63, 3.8) is 0 Å². The van der Waals surface area contributed by atoms with E-state index in [-0.39, 0.29) is 55.8 Å². The molecule has 68 heavy (non-hydrogen) atoms. The lowest BCUT2D eigenvalue weighted by Crippen LogP contribution is -2.45. The highest BCUT2D eigenvalue weighted by Gasteiger charge is 2.61. The van der Waals surface area contributed by atoms with Crippen LogP contribution >= 0.6 is 23.2 Å². The molecule has 4 N–H and O–H groups in total. The number of nitriles is 1. The van der Waals surface area contributed by atoms with E-state index in [1.165, 1.54) is 43.7 Å². The first kappa shape index (κ1) is 49.8. The second kappa shape index (κ2) is 21.0. The number of methoxy groups -OCH3 is 1. The SMILES string of the molecule is CNN(/C=C(\C)NC(=O)c1coc(-c2ccncc2)n1)C1CCC([B]C(=O)c2ccc(NC(=O)[C@@H]3N[C@@H](CC(C)(C)C)[C@](C#N)(c4ccc(Cl)cc4F)[C@H]3c3cccc(Cl)c3F)c(OC)c2)CC1. The fourth-order valence-electron chi connectivity index (χ4n) is 9.41. The van der Waals surface area contributed by atoms with E-state index in [0.717, 1.165) is 31.7 Å². The number of carbonyl (C=O) groups excluding carboxylic acids is 3. The first-order valence-electron chi connectivity index (χ1n) is 22.2. The molecule has 353 valence electrons. The van der Waals surface area contributed by atoms with Gasteiger partial charge >= 0.3 is 0 Å². The molecule has 0 spiro atoms. The number of benzene rings is 3. The summed E-state index contributed by atoms with van der Waals surface area (Å²) in [5.41, 5.74) is 2.69. The molecule has 0 unspecified atom stereocenters. The summed E-state index contributed by atoms with van der Waals surface area (Å²) in [6.45, 7) is 7.66. The van der Waals surface area contributed by atoms with E-state index < -0.39 is 52.3 Å². The molecule has 2 aromatic heterocycles. The van der Waals surface area contributed by atoms with E-state index >= 15 is 8.78 Å². The topological polar surface area (TPSA) is 175 Å². The van der Waals surface area contributed by atoms with Crippen LogP contribution < -0.4 is 26.1 Å². The molecule has 7 rings (SSSR count). The normalized spacial score (nSPS) is 21.7. The number of halogens is 4. The summed E-state index contributed by atoms with van der Waals surface area (Å²) in [6, 6.07) is 16.8. The Morgan fingerprint density at radius 1 is 1.06 bits per heavy atom. The maximum Gasteiger partial charge on any atom is 0.277 e. The van der Waals surface area contributed by atoms with Gasteiger partial charge in [0, 0.05) is 71.1 Å². The molecule has 1 saturated heterocycles. The van der Waals surface area contributed by atoms with Gasteiger partial charge in [0.25, 0.3) is 5.91 Å². The van der Waals surface area contributed by atoms with Gasteiger partial charge in [-0.25, -0.2) is 19.2 Å². The molecule has 1 radical (unpaired) electrons. The molecule has 3 heterocycles. The van der Waals surface area contributed by atoms with Crippen LogP contribution in [0.15, 0.2) is 102 Å². The van der Waals surface area contributed by atoms with Crippen molar-refractivity contribution in [3.05, 3.63) is 141 Å². The number of anilines is 1. The molecule has 18 heteroatoms. The third kappa shape index (κ3) is 10.8. The van der Waals surface area contributed by atoms with Gasteiger partial charge in [-0.2, -0.15) is 5.26 Å². The van der Waals surface area contributed by atoms with Crippen LogP contribution in [0.5, 0.6) is 5.75 Å². The first-order chi connectivity index (χ1) is 32.5. The highest BCUT2D eigenvalue weighted by molar-refractivity contribution is 6.78. The molecule has 2 amide bonds. The summed E-state index contributed by atoms with van der Waals surface area (Å²) in [4.78, 5) is 49.6. The number of nitrogens with one attached hydrogen (secondary N) is 4. The van der Waals surface area contributed by atoms with Crippen LogP contribution in [0.2, 0.25) is 15.9 Å². The lowest BCUT2D eigenvalue weighted by Gasteiger charge is -2.37. The summed E-state index contributed by atoms with van der Waals surface area (Å²) in [6.07, 6.45) is 9.68. The largest absolute Gasteiger partial charge is 0.495 e. The number of hydrogen-bond acceptors (Lipinski definition) is 11. The Bertz CT molecular complexity index is 2740. The Balaban J connectivity index is 1.03. The van der Waals surface area contributed by atoms with Crippen LogP contribution in [0.3, 0.4) is 0 Å². The van der Waals surface area contributed by atoms with Crippen molar-refractivity contribution in [1.29, 1.82) is 5.26 Å². The Kier molecular flexibility index (Phi) is 15.4. The number of hydrogen-bond donors (Lipinski definition) is 4. The predicted molar refractivity (Wildman–Crippen MR) is 257 cm³/mol. The van der Waals surface area contributed by atoms with E-state index in [1.807, 2.05) is 32.0 Å². The smallest absolute Gasteiger partial charge is 0.277 e. The average Bonchev–Trinajstić information content (AvgIpc) is 3.93. The minimum absolute atomic E-state index is 0.00134. The summed E-state index contributed by atoms with van der Waals surface area (Å²) in [7, 11) is 4.93. The zero-order valence-electron chi connectivity index (χ0n) is 38.5. The van der Waals surface area contributed by atoms with Gasteiger partial charge in [-0.05, 0) is 79.6 Å². The molecule has 1 aliphatic carbocycles. The minimum atomic E-state index is -1.81. The van der Waals surface area contributed by atoms with Crippen LogP contribution in [0, 0.1) is 28.4 Å². The van der Waals surface area contributed by atoms with Gasteiger partial charge in [0.15, 0.2) is 5.69 Å². The van der Waals surface area contributed by atoms with Gasteiger partial charge in [0.2, 0.25) is 19.1 Å². The molecule has 2 fully saturated rings. The average molecular weight is 965 g/mol. The second-order valence-corrected chi connectivity index (χ2v) is 19.2. The van der Waals surface area contributed by atoms with Gasteiger partial charge in [0.05, 0.1) is 29.9 Å². The van der Waals surface area contributed by atoms with Crippen molar-refractivity contribution in [2.24, 2.45) is 5.41 Å². The third-order valence-electron chi connectivity index (χ3n) is 12.6. The maximum absolute atomic E-state index is 16.2. The van der Waals surface area contributed by atoms with Gasteiger partial charge in [-0.1, -0.05) is 86.9 Å². The van der Waals surface area contributed by atoms with Crippen LogP contribution in [0.4, 0.5) is 14.5 Å². The highest BCUT2D eigenvalue weighted by Crippen LogP contribution is 2.53. The molecule has 4 atom stereocenters. The number of hydrazine groups is 1. The van der Waals surface area contributed by atoms with Crippen molar-refractivity contribution < 1.29 is 32.3 Å². The third-order valence-corrected chi connectivity index (χ3v) is 13.1. The van der Waals surface area contributed by atoms with Crippen LogP contribution in [-0.2, 0) is 10.2 Å². The zero-order chi connectivity index (χ0) is 48.9. The van der Waals surface area contributed by atoms with E-state index in [9.17, 15) is 19.6 Å². The van der Waals surface area contributed by atoms with Crippen molar-refractivity contribution in [3.8, 4) is 23.3 Å². The molecule has 3 aromatic carbocycles. The molecular weight excluding hydrogens is 912 g/mol. The summed E-state index contributed by atoms with van der Waals surface area (Å²) in [5.74, 6) is -3.42. The van der Waals surface area contributed by atoms with Gasteiger partial charge < -0.3 is 34.9 Å². The van der Waals surface area contributed by atoms with Crippen LogP contribution in [0.25, 0.3) is 11.5 Å². The summed E-state index contributed by atoms with van der Waals surface area (Å²) in [5, 5.41) is 22.1. The number of aromatic nitrogens is 2. The molecule has 1 aliphatic heterocycles. The van der Waals surface area contributed by atoms with Crippen molar-refractivity contribution in [1.82, 2.24) is 31.0 Å². The number of nitrogens with zero attached hydrogens (tertiary/aromatic N) is 4. The lowest BCUT2D eigenvalue weighted by molar-refractivity contribution is -0.118. The number of ether oxygens (including phenoxy) is 1. The van der Waals surface area contributed by atoms with Gasteiger partial charge in [0.1, 0.15) is 34.7 Å². The number of pyridine rings is 1. The molecule has 0 bridgehead atoms. The molecule has 13 nitrogen and oxygen atoms in total. The van der Waals surface area contributed by atoms with E-state index in [2.05, 4.69) is 37.4 Å². The number of carbonyl (C=O) groups is 3. The minimum Gasteiger partial charge on any atom is -0.495 e. The monoisotopic (exact) mass is 963 g/mol. The number of oxazole rings is 1. The fourth-order valence-corrected chi connectivity index (χ4v) is 9.75. The molecule has 1 saturated carbocycles. The quantitative estimate of drug-likeness (QED) is 0.0581. The van der Waals surface area contributed by atoms with E-state index in [4.69, 9.17) is 32.4 Å². The van der Waals surface area contributed by atoms with Crippen molar-refractivity contribution >= 4 is 53.7 Å². The Morgan fingerprint density at radius 3 is 2.46 bits per heavy atom. The Morgan fingerprint density at radius 2 is 1.79 bits per heavy atom. The van der Waals surface area contributed by atoms with Crippen molar-refractivity contribution in [2.45, 2.75) is 95.1 Å². The van der Waals surface area contributed by atoms with Crippen LogP contribution in [0.1, 0.15) is 97.7 Å². The lowest BCUT2D eigenvalue weighted by atomic mass is 9.54. The fraction of sp³-hybridized carbons (Fsp3) is 0.360. The van der Waals surface area contributed by atoms with E-state index in [1.54, 1.807) is 64.0 Å². The number of rotatable bonds is 15. The Hall–Kier alpha value is -6.12. The Labute approximate surface area is 405 Å². The standard InChI is InChI=1S/C50H52BCl2F2N8O5/c1-28(59-46(65)39-26-68-48(61-39)29-18-20-58-21-19-29)25-63(57-5)33-14-11-31(12-15-33)51-45(64)30-10-17-38(40(22-30)67-6)60-47(66)44-42(34-8-7-9-36(53)43(34)55)50(27-56,41(62-44)24-49(2,3)4)35-16-13-32(52)23-37(35)54/h7-10,13,16-23,25-26,31,33,41-42,44,57,62H,11-12,14-15,24H2,1-6H3,(H,59,65)(H,60,66)/b28-25+/t31?,33?,41-,42-,44+,50-/m0/s1. The maximum atomic E-state index is 16.2. The van der Waals surface area contributed by atoms with E-state index in [0.29, 0.717) is 29.1 Å². The predicted octanol–water partition coefficient (Wildman–Crippen LogP) is 9.59. The van der Waals surface area contributed by atoms with Gasteiger partial charge in [-0.15, -0.1) is 0 Å². The van der Waals surface area contributed by atoms with Crippen molar-refractivity contribution in [2.75, 3.05) is 19.5 Å². The van der Waals surface area contributed by atoms with Crippen LogP contribution in [-0.4, -0.2) is 72.0 Å².